The van der Waals surface area contributed by atoms with Crippen molar-refractivity contribution in [3.8, 4) is 0 Å². The van der Waals surface area contributed by atoms with Gasteiger partial charge in [0.2, 0.25) is 0 Å². The summed E-state index contributed by atoms with van der Waals surface area (Å²) in [5, 5.41) is 0. The number of rotatable bonds is 3. The van der Waals surface area contributed by atoms with Crippen LogP contribution in [0.2, 0.25) is 0 Å². The van der Waals surface area contributed by atoms with Crippen molar-refractivity contribution in [2.24, 2.45) is 11.3 Å². The van der Waals surface area contributed by atoms with E-state index >= 15 is 0 Å². The highest BCUT2D eigenvalue weighted by atomic mass is 15.1. The minimum absolute atomic E-state index is 0.642. The molecule has 0 aromatic rings. The summed E-state index contributed by atoms with van der Waals surface area (Å²) in [6, 6.07) is 0. The van der Waals surface area contributed by atoms with Gasteiger partial charge >= 0.3 is 0 Å². The molecule has 0 saturated carbocycles. The van der Waals surface area contributed by atoms with Crippen LogP contribution in [0.3, 0.4) is 0 Å². The minimum atomic E-state index is 0.642. The molecular formula is C11H23N. The van der Waals surface area contributed by atoms with Gasteiger partial charge < -0.3 is 4.90 Å². The van der Waals surface area contributed by atoms with Crippen LogP contribution in [0.1, 0.15) is 40.0 Å². The molecule has 12 heavy (non-hydrogen) atoms. The van der Waals surface area contributed by atoms with Gasteiger partial charge in [0.1, 0.15) is 0 Å². The van der Waals surface area contributed by atoms with Crippen LogP contribution in [-0.4, -0.2) is 25.0 Å². The van der Waals surface area contributed by atoms with E-state index < -0.39 is 0 Å². The Labute approximate surface area is 77.1 Å². The van der Waals surface area contributed by atoms with Gasteiger partial charge in [-0.05, 0) is 37.8 Å². The van der Waals surface area contributed by atoms with Gasteiger partial charge in [0.25, 0.3) is 0 Å². The molecule has 0 bridgehead atoms. The first-order valence-corrected chi connectivity index (χ1v) is 5.29. The largest absolute Gasteiger partial charge is 0.306 e. The molecule has 0 N–H and O–H groups in total. The van der Waals surface area contributed by atoms with Gasteiger partial charge in [-0.15, -0.1) is 0 Å². The van der Waals surface area contributed by atoms with Crippen molar-refractivity contribution in [2.75, 3.05) is 20.1 Å². The maximum absolute atomic E-state index is 2.48. The van der Waals surface area contributed by atoms with Crippen LogP contribution in [0.25, 0.3) is 0 Å². The zero-order chi connectivity index (χ0) is 9.19. The smallest absolute Gasteiger partial charge is 0.00379 e. The quantitative estimate of drug-likeness (QED) is 0.628. The summed E-state index contributed by atoms with van der Waals surface area (Å²) in [5.74, 6) is 0.849. The van der Waals surface area contributed by atoms with E-state index in [-0.39, 0.29) is 0 Å². The normalized spacial score (nSPS) is 31.8. The molecular weight excluding hydrogens is 146 g/mol. The van der Waals surface area contributed by atoms with Crippen LogP contribution in [0.5, 0.6) is 0 Å². The molecule has 72 valence electrons. The summed E-state index contributed by atoms with van der Waals surface area (Å²) >= 11 is 0. The molecule has 1 aliphatic rings. The fourth-order valence-electron chi connectivity index (χ4n) is 2.57. The van der Waals surface area contributed by atoms with Gasteiger partial charge in [-0.1, -0.05) is 27.2 Å². The number of nitrogens with zero attached hydrogens (tertiary/aromatic N) is 1. The number of hydrogen-bond acceptors (Lipinski definition) is 1. The molecule has 1 heterocycles. The van der Waals surface area contributed by atoms with E-state index in [1.54, 1.807) is 0 Å². The van der Waals surface area contributed by atoms with Crippen molar-refractivity contribution in [2.45, 2.75) is 40.0 Å². The molecule has 0 spiro atoms. The molecule has 1 saturated heterocycles. The third-order valence-corrected chi connectivity index (χ3v) is 3.55. The maximum atomic E-state index is 2.48. The molecule has 1 rings (SSSR count). The van der Waals surface area contributed by atoms with Crippen LogP contribution in [0.4, 0.5) is 0 Å². The monoisotopic (exact) mass is 169 g/mol. The molecule has 1 atom stereocenters. The molecule has 1 heteroatoms. The van der Waals surface area contributed by atoms with E-state index in [1.165, 1.54) is 32.4 Å². The lowest BCUT2D eigenvalue weighted by molar-refractivity contribution is 0.177. The van der Waals surface area contributed by atoms with Crippen molar-refractivity contribution >= 4 is 0 Å². The molecule has 1 unspecified atom stereocenters. The van der Waals surface area contributed by atoms with E-state index in [4.69, 9.17) is 0 Å². The van der Waals surface area contributed by atoms with E-state index in [0.29, 0.717) is 5.41 Å². The lowest BCUT2D eigenvalue weighted by atomic mass is 9.73. The van der Waals surface area contributed by atoms with Crippen LogP contribution in [0.15, 0.2) is 0 Å². The Hall–Kier alpha value is -0.0400. The topological polar surface area (TPSA) is 3.24 Å². The maximum Gasteiger partial charge on any atom is 0.00379 e. The van der Waals surface area contributed by atoms with Crippen LogP contribution >= 0.6 is 0 Å². The molecule has 1 nitrogen and oxygen atoms in total. The summed E-state index contributed by atoms with van der Waals surface area (Å²) in [6.07, 6.45) is 4.16. The van der Waals surface area contributed by atoms with Gasteiger partial charge in [-0.3, -0.25) is 0 Å². The average molecular weight is 169 g/mol. The van der Waals surface area contributed by atoms with Crippen molar-refractivity contribution in [1.82, 2.24) is 4.90 Å². The Morgan fingerprint density at radius 2 is 2.08 bits per heavy atom. The van der Waals surface area contributed by atoms with Crippen LogP contribution in [-0.2, 0) is 0 Å². The third kappa shape index (κ3) is 1.82. The standard InChI is InChI=1S/C11H23N/c1-5-6-11(10(2)3)7-8-12(4)9-11/h10H,5-9H2,1-4H3. The molecule has 1 fully saturated rings. The second-order valence-corrected chi connectivity index (χ2v) is 4.75. The van der Waals surface area contributed by atoms with Gasteiger partial charge in [-0.2, -0.15) is 0 Å². The second kappa shape index (κ2) is 3.78. The van der Waals surface area contributed by atoms with Crippen LogP contribution in [0, 0.1) is 11.3 Å². The summed E-state index contributed by atoms with van der Waals surface area (Å²) < 4.78 is 0. The highest BCUT2D eigenvalue weighted by Crippen LogP contribution is 2.41. The fourth-order valence-corrected chi connectivity index (χ4v) is 2.57. The Morgan fingerprint density at radius 3 is 2.42 bits per heavy atom. The lowest BCUT2D eigenvalue weighted by Gasteiger charge is -2.33. The van der Waals surface area contributed by atoms with Crippen molar-refractivity contribution in [3.05, 3.63) is 0 Å². The van der Waals surface area contributed by atoms with E-state index in [2.05, 4.69) is 32.7 Å². The number of hydrogen-bond donors (Lipinski definition) is 0. The summed E-state index contributed by atoms with van der Waals surface area (Å²) in [6.45, 7) is 9.70. The van der Waals surface area contributed by atoms with E-state index in [9.17, 15) is 0 Å². The summed E-state index contributed by atoms with van der Waals surface area (Å²) in [5.41, 5.74) is 0.642. The van der Waals surface area contributed by atoms with Crippen molar-refractivity contribution < 1.29 is 0 Å². The average Bonchev–Trinajstić information content (AvgIpc) is 2.34. The first-order valence-electron chi connectivity index (χ1n) is 5.29. The Bertz CT molecular complexity index is 138. The fraction of sp³-hybridized carbons (Fsp3) is 1.00. The number of likely N-dealkylation sites (tertiary alicyclic amines) is 1. The lowest BCUT2D eigenvalue weighted by Crippen LogP contribution is -2.30. The van der Waals surface area contributed by atoms with Gasteiger partial charge in [0, 0.05) is 6.54 Å². The van der Waals surface area contributed by atoms with Crippen molar-refractivity contribution in [1.29, 1.82) is 0 Å². The predicted molar refractivity (Wildman–Crippen MR) is 54.3 cm³/mol. The first-order chi connectivity index (χ1) is 5.60. The molecule has 0 amide bonds. The Morgan fingerprint density at radius 1 is 1.42 bits per heavy atom. The molecule has 1 aliphatic heterocycles. The van der Waals surface area contributed by atoms with Gasteiger partial charge in [-0.25, -0.2) is 0 Å². The van der Waals surface area contributed by atoms with Crippen LogP contribution < -0.4 is 0 Å². The Kier molecular flexibility index (Phi) is 3.16. The molecule has 0 radical (unpaired) electrons. The Balaban J connectivity index is 2.61. The highest BCUT2D eigenvalue weighted by molar-refractivity contribution is 4.90. The zero-order valence-corrected chi connectivity index (χ0v) is 9.06. The van der Waals surface area contributed by atoms with E-state index in [0.717, 1.165) is 5.92 Å². The van der Waals surface area contributed by atoms with E-state index in [1.807, 2.05) is 0 Å². The highest BCUT2D eigenvalue weighted by Gasteiger charge is 2.38. The predicted octanol–water partition coefficient (Wildman–Crippen LogP) is 2.76. The molecule has 0 aliphatic carbocycles. The van der Waals surface area contributed by atoms with Gasteiger partial charge in [0.15, 0.2) is 0 Å². The third-order valence-electron chi connectivity index (χ3n) is 3.55. The molecule has 0 aromatic carbocycles. The zero-order valence-electron chi connectivity index (χ0n) is 9.06. The molecule has 0 aromatic heterocycles. The first kappa shape index (κ1) is 10.0. The minimum Gasteiger partial charge on any atom is -0.306 e. The SMILES string of the molecule is CCCC1(C(C)C)CCN(C)C1. The second-order valence-electron chi connectivity index (χ2n) is 4.75. The summed E-state index contributed by atoms with van der Waals surface area (Å²) in [7, 11) is 2.25. The van der Waals surface area contributed by atoms with Gasteiger partial charge in [0.05, 0.1) is 0 Å². The van der Waals surface area contributed by atoms with Crippen molar-refractivity contribution in [3.63, 3.8) is 0 Å². The summed E-state index contributed by atoms with van der Waals surface area (Å²) in [4.78, 5) is 2.48.